The molecule has 0 aromatic heterocycles. The summed E-state index contributed by atoms with van der Waals surface area (Å²) in [5, 5.41) is 0. The molecule has 6 rings (SSSR count). The van der Waals surface area contributed by atoms with Crippen LogP contribution < -0.4 is 0 Å². The molecule has 6 fully saturated rings. The van der Waals surface area contributed by atoms with E-state index in [1.165, 1.54) is 19.3 Å². The van der Waals surface area contributed by atoms with E-state index in [0.29, 0.717) is 0 Å². The van der Waals surface area contributed by atoms with Gasteiger partial charge in [-0.1, -0.05) is 59.3 Å². The molecule has 0 aliphatic heterocycles. The van der Waals surface area contributed by atoms with Crippen molar-refractivity contribution in [3.8, 4) is 0 Å². The number of hydrogen-bond acceptors (Lipinski definition) is 0. The molecule has 0 saturated heterocycles. The zero-order chi connectivity index (χ0) is 19.0. The summed E-state index contributed by atoms with van der Waals surface area (Å²) in [6.07, 6.45) is 19.0. The van der Waals surface area contributed by atoms with Crippen LogP contribution in [0.25, 0.3) is 0 Å². The largest absolute Gasteiger partial charge is 0.0619 e. The molecule has 0 nitrogen and oxygen atoms in total. The van der Waals surface area contributed by atoms with Gasteiger partial charge in [-0.25, -0.2) is 0 Å². The maximum atomic E-state index is 2.76. The second-order valence-corrected chi connectivity index (χ2v) is 12.9. The number of fused-ring (bicyclic) bond motifs is 6. The Morgan fingerprint density at radius 1 is 0.393 bits per heavy atom. The van der Waals surface area contributed by atoms with Crippen LogP contribution in [0.4, 0.5) is 0 Å². The minimum atomic E-state index is 1.03. The lowest BCUT2D eigenvalue weighted by atomic mass is 9.48. The molecule has 0 aromatic carbocycles. The predicted octanol–water partition coefficient (Wildman–Crippen LogP) is 7.82. The number of rotatable bonds is 0. The summed E-state index contributed by atoms with van der Waals surface area (Å²) in [6, 6.07) is 0. The van der Waals surface area contributed by atoms with Crippen LogP contribution in [0, 0.1) is 76.9 Å². The van der Waals surface area contributed by atoms with Gasteiger partial charge in [-0.3, -0.25) is 0 Å². The third kappa shape index (κ3) is 2.67. The fraction of sp³-hybridized carbons (Fsp3) is 1.00. The molecule has 158 valence electrons. The van der Waals surface area contributed by atoms with E-state index in [1.807, 2.05) is 0 Å². The van der Waals surface area contributed by atoms with E-state index >= 15 is 0 Å². The lowest BCUT2D eigenvalue weighted by Gasteiger charge is -2.57. The van der Waals surface area contributed by atoms with E-state index in [1.54, 1.807) is 57.8 Å². The molecule has 6 aliphatic carbocycles. The van der Waals surface area contributed by atoms with Gasteiger partial charge in [-0.2, -0.15) is 0 Å². The molecule has 0 spiro atoms. The van der Waals surface area contributed by atoms with Crippen molar-refractivity contribution in [1.82, 2.24) is 0 Å². The van der Waals surface area contributed by atoms with Gasteiger partial charge < -0.3 is 0 Å². The summed E-state index contributed by atoms with van der Waals surface area (Å²) < 4.78 is 0. The lowest BCUT2D eigenvalue weighted by molar-refractivity contribution is -0.0853. The van der Waals surface area contributed by atoms with Crippen LogP contribution in [0.2, 0.25) is 0 Å². The third-order valence-corrected chi connectivity index (χ3v) is 12.2. The van der Waals surface area contributed by atoms with Crippen molar-refractivity contribution in [3.63, 3.8) is 0 Å². The second kappa shape index (κ2) is 7.02. The Kier molecular flexibility index (Phi) is 4.70. The molecular formula is C28H46. The Morgan fingerprint density at radius 3 is 1.36 bits per heavy atom. The van der Waals surface area contributed by atoms with Crippen LogP contribution in [0.1, 0.15) is 97.8 Å². The summed E-state index contributed by atoms with van der Waals surface area (Å²) in [5.74, 6) is 14.1. The standard InChI is InChI=1S/C28H46/c1-16-24-10-6-4-8-19(24)12-21-14-23-15-22-13-20-9-5-7-11-25(20)17(2)27(22)28(23)18(3)26(16)21/h16-28H,4-15H2,1-3H3/t16?,17?,18?,19-,20+,21?,22?,23?,24+,25-,26?,27?,28?/m0/s1. The summed E-state index contributed by atoms with van der Waals surface area (Å²) in [6.45, 7) is 8.20. The van der Waals surface area contributed by atoms with Crippen LogP contribution in [0.15, 0.2) is 0 Å². The molecule has 28 heavy (non-hydrogen) atoms. The van der Waals surface area contributed by atoms with Crippen molar-refractivity contribution in [1.29, 1.82) is 0 Å². The smallest absolute Gasteiger partial charge is 0.0323 e. The molecule has 0 radical (unpaired) electrons. The van der Waals surface area contributed by atoms with Crippen molar-refractivity contribution in [3.05, 3.63) is 0 Å². The van der Waals surface area contributed by atoms with Crippen molar-refractivity contribution in [2.24, 2.45) is 76.9 Å². The van der Waals surface area contributed by atoms with Crippen LogP contribution in [0.5, 0.6) is 0 Å². The van der Waals surface area contributed by atoms with E-state index in [-0.39, 0.29) is 0 Å². The van der Waals surface area contributed by atoms with Crippen LogP contribution >= 0.6 is 0 Å². The fourth-order valence-electron chi connectivity index (χ4n) is 11.6. The first kappa shape index (κ1) is 18.7. The molecule has 0 heterocycles. The van der Waals surface area contributed by atoms with Gasteiger partial charge >= 0.3 is 0 Å². The highest BCUT2D eigenvalue weighted by Gasteiger charge is 2.59. The fourth-order valence-corrected chi connectivity index (χ4v) is 11.6. The molecule has 0 bridgehead atoms. The van der Waals surface area contributed by atoms with Gasteiger partial charge in [0.1, 0.15) is 0 Å². The third-order valence-electron chi connectivity index (χ3n) is 12.2. The Bertz CT molecular complexity index is 579. The van der Waals surface area contributed by atoms with Crippen LogP contribution in [0.3, 0.4) is 0 Å². The minimum absolute atomic E-state index is 1.03. The Morgan fingerprint density at radius 2 is 0.786 bits per heavy atom. The quantitative estimate of drug-likeness (QED) is 0.400. The maximum absolute atomic E-state index is 2.76. The van der Waals surface area contributed by atoms with Gasteiger partial charge in [0.05, 0.1) is 0 Å². The highest BCUT2D eigenvalue weighted by molar-refractivity contribution is 5.08. The Hall–Kier alpha value is 0. The van der Waals surface area contributed by atoms with Crippen molar-refractivity contribution < 1.29 is 0 Å². The summed E-state index contributed by atoms with van der Waals surface area (Å²) in [4.78, 5) is 0. The zero-order valence-corrected chi connectivity index (χ0v) is 19.0. The second-order valence-electron chi connectivity index (χ2n) is 12.9. The molecule has 6 aliphatic rings. The average molecular weight is 383 g/mol. The van der Waals surface area contributed by atoms with E-state index in [2.05, 4.69) is 20.8 Å². The first-order valence-corrected chi connectivity index (χ1v) is 13.6. The zero-order valence-electron chi connectivity index (χ0n) is 19.0. The summed E-state index contributed by atoms with van der Waals surface area (Å²) in [7, 11) is 0. The molecular weight excluding hydrogens is 336 g/mol. The highest BCUT2D eigenvalue weighted by atomic mass is 14.6. The first-order chi connectivity index (χ1) is 13.6. The van der Waals surface area contributed by atoms with Gasteiger partial charge in [0.15, 0.2) is 0 Å². The Labute approximate surface area is 175 Å². The van der Waals surface area contributed by atoms with E-state index in [4.69, 9.17) is 0 Å². The molecule has 6 saturated carbocycles. The van der Waals surface area contributed by atoms with Gasteiger partial charge in [0.25, 0.3) is 0 Å². The van der Waals surface area contributed by atoms with Crippen molar-refractivity contribution in [2.45, 2.75) is 97.8 Å². The first-order valence-electron chi connectivity index (χ1n) is 13.6. The van der Waals surface area contributed by atoms with Gasteiger partial charge in [-0.15, -0.1) is 0 Å². The van der Waals surface area contributed by atoms with Gasteiger partial charge in [0.2, 0.25) is 0 Å². The SMILES string of the molecule is CC1C2C(CC3C[C@@H]4CCCC[C@@H]4C(C)C31)CC1C[C@H]3CCCC[C@H]3C(C)C12. The molecule has 9 unspecified atom stereocenters. The normalized spacial score (nSPS) is 60.8. The minimum Gasteiger partial charge on any atom is -0.0619 e. The van der Waals surface area contributed by atoms with Crippen molar-refractivity contribution >= 4 is 0 Å². The van der Waals surface area contributed by atoms with E-state index in [9.17, 15) is 0 Å². The van der Waals surface area contributed by atoms with Crippen LogP contribution in [-0.4, -0.2) is 0 Å². The highest BCUT2D eigenvalue weighted by Crippen LogP contribution is 2.66. The summed E-state index contributed by atoms with van der Waals surface area (Å²) >= 11 is 0. The van der Waals surface area contributed by atoms with Gasteiger partial charge in [0, 0.05) is 0 Å². The predicted molar refractivity (Wildman–Crippen MR) is 118 cm³/mol. The molecule has 0 N–H and O–H groups in total. The van der Waals surface area contributed by atoms with Crippen molar-refractivity contribution in [2.75, 3.05) is 0 Å². The Balaban J connectivity index is 1.28. The topological polar surface area (TPSA) is 0 Å². The molecule has 0 aromatic rings. The molecule has 0 amide bonds. The lowest BCUT2D eigenvalue weighted by Crippen LogP contribution is -2.51. The maximum Gasteiger partial charge on any atom is -0.0323 e. The number of hydrogen-bond donors (Lipinski definition) is 0. The summed E-state index contributed by atoms with van der Waals surface area (Å²) in [5.41, 5.74) is 0. The monoisotopic (exact) mass is 382 g/mol. The van der Waals surface area contributed by atoms with Crippen LogP contribution in [-0.2, 0) is 0 Å². The molecule has 0 heteroatoms. The van der Waals surface area contributed by atoms with E-state index in [0.717, 1.165) is 76.9 Å². The van der Waals surface area contributed by atoms with Gasteiger partial charge in [-0.05, 0) is 115 Å². The van der Waals surface area contributed by atoms with E-state index < -0.39 is 0 Å². The molecule has 13 atom stereocenters. The average Bonchev–Trinajstić information content (AvgIpc) is 3.07.